The number of hydrogen-bond acceptors (Lipinski definition) is 4. The van der Waals surface area contributed by atoms with E-state index in [1.54, 1.807) is 19.1 Å². The normalized spacial score (nSPS) is 12.0. The molecule has 6 nitrogen and oxygen atoms in total. The fourth-order valence-electron chi connectivity index (χ4n) is 2.46. The second-order valence-electron chi connectivity index (χ2n) is 6.42. The fraction of sp³-hybridized carbons (Fsp3) is 0.263. The SMILES string of the molecule is CC(N=O)c1cccc(C(C)(C)NC(=O)Nc2ccc(Cl)c(C#N)c2)c1. The van der Waals surface area contributed by atoms with Crippen molar-refractivity contribution in [3.8, 4) is 6.07 Å². The Kier molecular flexibility index (Phi) is 5.96. The van der Waals surface area contributed by atoms with Crippen molar-refractivity contribution in [3.05, 3.63) is 69.1 Å². The van der Waals surface area contributed by atoms with Gasteiger partial charge in [0.15, 0.2) is 0 Å². The van der Waals surface area contributed by atoms with Gasteiger partial charge in [0, 0.05) is 5.69 Å². The van der Waals surface area contributed by atoms with E-state index in [2.05, 4.69) is 15.8 Å². The smallest absolute Gasteiger partial charge is 0.319 e. The summed E-state index contributed by atoms with van der Waals surface area (Å²) in [4.78, 5) is 23.1. The topological polar surface area (TPSA) is 94.3 Å². The summed E-state index contributed by atoms with van der Waals surface area (Å²) in [6, 6.07) is 13.1. The van der Waals surface area contributed by atoms with Gasteiger partial charge in [0.05, 0.1) is 16.1 Å². The highest BCUT2D eigenvalue weighted by molar-refractivity contribution is 6.31. The lowest BCUT2D eigenvalue weighted by Gasteiger charge is -2.27. The van der Waals surface area contributed by atoms with Crippen LogP contribution in [-0.2, 0) is 5.54 Å². The van der Waals surface area contributed by atoms with Crippen molar-refractivity contribution in [2.24, 2.45) is 5.18 Å². The zero-order chi connectivity index (χ0) is 19.3. The third-order valence-electron chi connectivity index (χ3n) is 4.02. The van der Waals surface area contributed by atoms with Crippen LogP contribution in [0.2, 0.25) is 5.02 Å². The van der Waals surface area contributed by atoms with Gasteiger partial charge in [-0.3, -0.25) is 0 Å². The molecule has 2 rings (SSSR count). The van der Waals surface area contributed by atoms with Crippen LogP contribution in [0.15, 0.2) is 47.6 Å². The average Bonchev–Trinajstić information content (AvgIpc) is 2.62. The molecule has 0 aliphatic heterocycles. The monoisotopic (exact) mass is 370 g/mol. The van der Waals surface area contributed by atoms with E-state index in [4.69, 9.17) is 16.9 Å². The van der Waals surface area contributed by atoms with E-state index in [9.17, 15) is 9.70 Å². The molecule has 134 valence electrons. The molecule has 2 aromatic carbocycles. The molecule has 26 heavy (non-hydrogen) atoms. The van der Waals surface area contributed by atoms with E-state index in [-0.39, 0.29) is 5.56 Å². The lowest BCUT2D eigenvalue weighted by molar-refractivity contribution is 0.242. The Hall–Kier alpha value is -2.91. The maximum atomic E-state index is 12.4. The third kappa shape index (κ3) is 4.58. The van der Waals surface area contributed by atoms with Gasteiger partial charge in [0.2, 0.25) is 0 Å². The molecule has 1 unspecified atom stereocenters. The molecule has 7 heteroatoms. The quantitative estimate of drug-likeness (QED) is 0.717. The first-order valence-electron chi connectivity index (χ1n) is 7.98. The van der Waals surface area contributed by atoms with Crippen LogP contribution in [0.1, 0.15) is 43.5 Å². The molecule has 0 bridgehead atoms. The molecule has 0 radical (unpaired) electrons. The van der Waals surface area contributed by atoms with E-state index in [1.807, 2.05) is 44.2 Å². The summed E-state index contributed by atoms with van der Waals surface area (Å²) in [5.74, 6) is 0. The van der Waals surface area contributed by atoms with E-state index in [1.165, 1.54) is 6.07 Å². The number of nitriles is 1. The highest BCUT2D eigenvalue weighted by Gasteiger charge is 2.24. The number of hydrogen-bond donors (Lipinski definition) is 2. The van der Waals surface area contributed by atoms with Gasteiger partial charge in [-0.15, -0.1) is 0 Å². The summed E-state index contributed by atoms with van der Waals surface area (Å²) < 4.78 is 0. The number of urea groups is 1. The maximum absolute atomic E-state index is 12.4. The van der Waals surface area contributed by atoms with E-state index in [0.29, 0.717) is 10.7 Å². The highest BCUT2D eigenvalue weighted by atomic mass is 35.5. The molecule has 0 fully saturated rings. The number of nitroso groups, excluding NO2 is 1. The lowest BCUT2D eigenvalue weighted by Crippen LogP contribution is -2.43. The van der Waals surface area contributed by atoms with Gasteiger partial charge in [-0.2, -0.15) is 10.2 Å². The Labute approximate surface area is 157 Å². The average molecular weight is 371 g/mol. The lowest BCUT2D eigenvalue weighted by atomic mass is 9.92. The Morgan fingerprint density at radius 2 is 2.00 bits per heavy atom. The first kappa shape index (κ1) is 19.4. The Bertz CT molecular complexity index is 874. The van der Waals surface area contributed by atoms with Crippen LogP contribution < -0.4 is 10.6 Å². The molecular weight excluding hydrogens is 352 g/mol. The maximum Gasteiger partial charge on any atom is 0.319 e. The minimum absolute atomic E-state index is 0.284. The fourth-order valence-corrected chi connectivity index (χ4v) is 2.62. The first-order chi connectivity index (χ1) is 12.3. The molecule has 0 heterocycles. The Morgan fingerprint density at radius 1 is 1.27 bits per heavy atom. The van der Waals surface area contributed by atoms with Gasteiger partial charge in [-0.25, -0.2) is 4.79 Å². The summed E-state index contributed by atoms with van der Waals surface area (Å²) in [7, 11) is 0. The predicted molar refractivity (Wildman–Crippen MR) is 102 cm³/mol. The van der Waals surface area contributed by atoms with Gasteiger partial charge in [-0.05, 0) is 50.1 Å². The molecule has 1 atom stereocenters. The molecule has 2 amide bonds. The van der Waals surface area contributed by atoms with Crippen molar-refractivity contribution in [1.82, 2.24) is 5.32 Å². The number of rotatable bonds is 5. The molecule has 0 saturated carbocycles. The van der Waals surface area contributed by atoms with E-state index >= 15 is 0 Å². The minimum atomic E-state index is -0.687. The number of amides is 2. The number of carbonyl (C=O) groups is 1. The van der Waals surface area contributed by atoms with Crippen LogP contribution in [-0.4, -0.2) is 6.03 Å². The standard InChI is InChI=1S/C19H19ClN4O2/c1-12(24-26)13-5-4-6-15(9-13)19(2,3)23-18(25)22-16-7-8-17(20)14(10-16)11-21/h4-10,12H,1-3H3,(H2,22,23,25). The van der Waals surface area contributed by atoms with Crippen LogP contribution in [0.3, 0.4) is 0 Å². The van der Waals surface area contributed by atoms with Gasteiger partial charge in [-0.1, -0.05) is 41.0 Å². The molecule has 0 saturated heterocycles. The molecule has 2 N–H and O–H groups in total. The van der Waals surface area contributed by atoms with E-state index in [0.717, 1.165) is 11.1 Å². The van der Waals surface area contributed by atoms with Gasteiger partial charge in [0.25, 0.3) is 0 Å². The van der Waals surface area contributed by atoms with Crippen molar-refractivity contribution in [1.29, 1.82) is 5.26 Å². The predicted octanol–water partition coefficient (Wildman–Crippen LogP) is 5.10. The zero-order valence-corrected chi connectivity index (χ0v) is 15.5. The molecule has 0 aliphatic rings. The number of nitrogens with zero attached hydrogens (tertiary/aromatic N) is 2. The summed E-state index contributed by atoms with van der Waals surface area (Å²) in [5, 5.41) is 17.9. The Balaban J connectivity index is 2.15. The molecule has 0 spiro atoms. The largest absolute Gasteiger partial charge is 0.329 e. The summed E-state index contributed by atoms with van der Waals surface area (Å²) in [6.07, 6.45) is 0. The van der Waals surface area contributed by atoms with Crippen molar-refractivity contribution in [2.45, 2.75) is 32.4 Å². The molecular formula is C19H19ClN4O2. The molecule has 0 aromatic heterocycles. The van der Waals surface area contributed by atoms with Crippen LogP contribution in [0.25, 0.3) is 0 Å². The van der Waals surface area contributed by atoms with Crippen molar-refractivity contribution >= 4 is 23.3 Å². The number of anilines is 1. The number of nitrogens with one attached hydrogen (secondary N) is 2. The first-order valence-corrected chi connectivity index (χ1v) is 8.36. The van der Waals surface area contributed by atoms with Crippen LogP contribution in [0.4, 0.5) is 10.5 Å². The summed E-state index contributed by atoms with van der Waals surface area (Å²) >= 11 is 5.89. The molecule has 2 aromatic rings. The summed E-state index contributed by atoms with van der Waals surface area (Å²) in [6.45, 7) is 5.42. The van der Waals surface area contributed by atoms with Crippen LogP contribution >= 0.6 is 11.6 Å². The highest BCUT2D eigenvalue weighted by Crippen LogP contribution is 2.25. The van der Waals surface area contributed by atoms with Gasteiger partial charge < -0.3 is 10.6 Å². The number of halogens is 1. The van der Waals surface area contributed by atoms with Gasteiger partial charge in [0.1, 0.15) is 12.1 Å². The van der Waals surface area contributed by atoms with Crippen molar-refractivity contribution in [2.75, 3.05) is 5.32 Å². The number of carbonyl (C=O) groups excluding carboxylic acids is 1. The second kappa shape index (κ2) is 7.98. The Morgan fingerprint density at radius 3 is 2.65 bits per heavy atom. The van der Waals surface area contributed by atoms with Crippen LogP contribution in [0.5, 0.6) is 0 Å². The van der Waals surface area contributed by atoms with Crippen LogP contribution in [0, 0.1) is 16.2 Å². The molecule has 0 aliphatic carbocycles. The van der Waals surface area contributed by atoms with E-state index < -0.39 is 17.6 Å². The zero-order valence-electron chi connectivity index (χ0n) is 14.7. The number of benzene rings is 2. The van der Waals surface area contributed by atoms with Crippen molar-refractivity contribution < 1.29 is 4.79 Å². The van der Waals surface area contributed by atoms with Gasteiger partial charge >= 0.3 is 6.03 Å². The second-order valence-corrected chi connectivity index (χ2v) is 6.82. The summed E-state index contributed by atoms with van der Waals surface area (Å²) in [5.41, 5.74) is 1.69. The minimum Gasteiger partial charge on any atom is -0.329 e. The van der Waals surface area contributed by atoms with Crippen molar-refractivity contribution in [3.63, 3.8) is 0 Å². The third-order valence-corrected chi connectivity index (χ3v) is 4.35.